The Balaban J connectivity index is 2.71. The van der Waals surface area contributed by atoms with Gasteiger partial charge in [-0.2, -0.15) is 0 Å². The van der Waals surface area contributed by atoms with E-state index in [2.05, 4.69) is 6.92 Å². The van der Waals surface area contributed by atoms with E-state index >= 15 is 0 Å². The fourth-order valence-electron chi connectivity index (χ4n) is 1.65. The maximum absolute atomic E-state index is 10.9. The van der Waals surface area contributed by atoms with E-state index in [1.54, 1.807) is 0 Å². The van der Waals surface area contributed by atoms with Crippen molar-refractivity contribution in [3.05, 3.63) is 29.3 Å². The fraction of sp³-hybridized carbons (Fsp3) is 0.429. The molecule has 0 heterocycles. The quantitative estimate of drug-likeness (QED) is 0.706. The SMILES string of the molecule is CCCCCCOc1cc(C(=O)O)cc(C(=O)O)c1. The average molecular weight is 266 g/mol. The summed E-state index contributed by atoms with van der Waals surface area (Å²) in [6.45, 7) is 2.57. The first kappa shape index (κ1) is 15.0. The Hall–Kier alpha value is -2.04. The van der Waals surface area contributed by atoms with E-state index in [0.29, 0.717) is 6.61 Å². The molecule has 2 N–H and O–H groups in total. The lowest BCUT2D eigenvalue weighted by atomic mass is 10.1. The maximum Gasteiger partial charge on any atom is 0.335 e. The molecular formula is C14H18O5. The van der Waals surface area contributed by atoms with Crippen molar-refractivity contribution in [3.63, 3.8) is 0 Å². The van der Waals surface area contributed by atoms with Gasteiger partial charge in [0, 0.05) is 0 Å². The second-order valence-corrected chi connectivity index (χ2v) is 4.27. The van der Waals surface area contributed by atoms with Crippen molar-refractivity contribution in [1.29, 1.82) is 0 Å². The zero-order chi connectivity index (χ0) is 14.3. The van der Waals surface area contributed by atoms with Gasteiger partial charge in [-0.25, -0.2) is 9.59 Å². The van der Waals surface area contributed by atoms with Crippen LogP contribution in [0.1, 0.15) is 53.3 Å². The van der Waals surface area contributed by atoms with E-state index in [1.165, 1.54) is 12.1 Å². The van der Waals surface area contributed by atoms with Crippen molar-refractivity contribution in [2.24, 2.45) is 0 Å². The van der Waals surface area contributed by atoms with E-state index in [0.717, 1.165) is 31.7 Å². The van der Waals surface area contributed by atoms with Crippen molar-refractivity contribution in [2.75, 3.05) is 6.61 Å². The van der Waals surface area contributed by atoms with Gasteiger partial charge in [-0.3, -0.25) is 0 Å². The van der Waals surface area contributed by atoms with Crippen LogP contribution in [0.25, 0.3) is 0 Å². The molecule has 5 nitrogen and oxygen atoms in total. The predicted molar refractivity (Wildman–Crippen MR) is 70.0 cm³/mol. The normalized spacial score (nSPS) is 10.2. The Morgan fingerprint density at radius 3 is 2.05 bits per heavy atom. The van der Waals surface area contributed by atoms with Crippen LogP contribution in [-0.4, -0.2) is 28.8 Å². The van der Waals surface area contributed by atoms with E-state index in [9.17, 15) is 9.59 Å². The van der Waals surface area contributed by atoms with Gasteiger partial charge in [0.15, 0.2) is 0 Å². The first-order valence-corrected chi connectivity index (χ1v) is 6.29. The molecular weight excluding hydrogens is 248 g/mol. The summed E-state index contributed by atoms with van der Waals surface area (Å²) in [4.78, 5) is 21.8. The molecule has 0 aliphatic carbocycles. The summed E-state index contributed by atoms with van der Waals surface area (Å²) in [7, 11) is 0. The van der Waals surface area contributed by atoms with Crippen LogP contribution in [0.15, 0.2) is 18.2 Å². The fourth-order valence-corrected chi connectivity index (χ4v) is 1.65. The maximum atomic E-state index is 10.9. The summed E-state index contributed by atoms with van der Waals surface area (Å²) in [5.41, 5.74) is -0.160. The Morgan fingerprint density at radius 2 is 1.58 bits per heavy atom. The standard InChI is InChI=1S/C14H18O5/c1-2-3-4-5-6-19-12-8-10(13(15)16)7-11(9-12)14(17)18/h7-9H,2-6H2,1H3,(H,15,16)(H,17,18). The molecule has 0 bridgehead atoms. The lowest BCUT2D eigenvalue weighted by molar-refractivity contribution is 0.0696. The van der Waals surface area contributed by atoms with Crippen molar-refractivity contribution in [2.45, 2.75) is 32.6 Å². The molecule has 0 saturated heterocycles. The molecule has 104 valence electrons. The number of rotatable bonds is 8. The minimum atomic E-state index is -1.17. The molecule has 0 spiro atoms. The molecule has 0 fully saturated rings. The molecule has 0 saturated carbocycles. The minimum absolute atomic E-state index is 0.0801. The summed E-state index contributed by atoms with van der Waals surface area (Å²) >= 11 is 0. The van der Waals surface area contributed by atoms with Gasteiger partial charge in [0.2, 0.25) is 0 Å². The molecule has 0 radical (unpaired) electrons. The van der Waals surface area contributed by atoms with Crippen molar-refractivity contribution in [3.8, 4) is 5.75 Å². The Labute approximate surface area is 111 Å². The van der Waals surface area contributed by atoms with Gasteiger partial charge >= 0.3 is 11.9 Å². The number of aromatic carboxylic acids is 2. The Bertz CT molecular complexity index is 421. The Morgan fingerprint density at radius 1 is 1.00 bits per heavy atom. The van der Waals surface area contributed by atoms with Gasteiger partial charge in [-0.05, 0) is 24.6 Å². The molecule has 0 amide bonds. The smallest absolute Gasteiger partial charge is 0.335 e. The second kappa shape index (κ2) is 7.41. The molecule has 1 aromatic rings. The van der Waals surface area contributed by atoms with E-state index in [-0.39, 0.29) is 16.9 Å². The molecule has 0 atom stereocenters. The number of ether oxygens (including phenoxy) is 1. The second-order valence-electron chi connectivity index (χ2n) is 4.27. The number of hydrogen-bond donors (Lipinski definition) is 2. The molecule has 19 heavy (non-hydrogen) atoms. The summed E-state index contributed by atoms with van der Waals surface area (Å²) < 4.78 is 5.41. The lowest BCUT2D eigenvalue weighted by Gasteiger charge is -2.08. The topological polar surface area (TPSA) is 83.8 Å². The zero-order valence-corrected chi connectivity index (χ0v) is 10.9. The molecule has 1 rings (SSSR count). The van der Waals surface area contributed by atoms with Gasteiger partial charge in [0.25, 0.3) is 0 Å². The van der Waals surface area contributed by atoms with Crippen LogP contribution in [0.2, 0.25) is 0 Å². The molecule has 0 unspecified atom stereocenters. The summed E-state index contributed by atoms with van der Waals surface area (Å²) in [5.74, 6) is -2.05. The van der Waals surface area contributed by atoms with Crippen molar-refractivity contribution < 1.29 is 24.5 Å². The van der Waals surface area contributed by atoms with Gasteiger partial charge < -0.3 is 14.9 Å². The van der Waals surface area contributed by atoms with Crippen LogP contribution in [0.5, 0.6) is 5.75 Å². The monoisotopic (exact) mass is 266 g/mol. The minimum Gasteiger partial charge on any atom is -0.494 e. The first-order valence-electron chi connectivity index (χ1n) is 6.29. The Kier molecular flexibility index (Phi) is 5.85. The average Bonchev–Trinajstić information content (AvgIpc) is 2.38. The summed E-state index contributed by atoms with van der Waals surface area (Å²) in [6.07, 6.45) is 4.16. The number of hydrogen-bond acceptors (Lipinski definition) is 3. The highest BCUT2D eigenvalue weighted by Gasteiger charge is 2.11. The summed E-state index contributed by atoms with van der Waals surface area (Å²) in [6, 6.07) is 3.80. The zero-order valence-electron chi connectivity index (χ0n) is 10.9. The molecule has 5 heteroatoms. The highest BCUT2D eigenvalue weighted by atomic mass is 16.5. The molecule has 0 aromatic heterocycles. The largest absolute Gasteiger partial charge is 0.494 e. The van der Waals surface area contributed by atoms with Crippen LogP contribution < -0.4 is 4.74 Å². The molecule has 0 aliphatic heterocycles. The third-order valence-corrected chi connectivity index (χ3v) is 2.67. The number of benzene rings is 1. The third kappa shape index (κ3) is 4.99. The van der Waals surface area contributed by atoms with E-state index in [4.69, 9.17) is 14.9 Å². The van der Waals surface area contributed by atoms with E-state index in [1.807, 2.05) is 0 Å². The van der Waals surface area contributed by atoms with Crippen LogP contribution >= 0.6 is 0 Å². The number of carbonyl (C=O) groups is 2. The van der Waals surface area contributed by atoms with Crippen LogP contribution in [0, 0.1) is 0 Å². The highest BCUT2D eigenvalue weighted by molar-refractivity contribution is 5.94. The molecule has 0 aliphatic rings. The predicted octanol–water partition coefficient (Wildman–Crippen LogP) is 3.04. The number of unbranched alkanes of at least 4 members (excludes halogenated alkanes) is 3. The van der Waals surface area contributed by atoms with Crippen LogP contribution in [0.3, 0.4) is 0 Å². The number of carboxylic acids is 2. The van der Waals surface area contributed by atoms with Gasteiger partial charge in [0.1, 0.15) is 5.75 Å². The van der Waals surface area contributed by atoms with Crippen LogP contribution in [0.4, 0.5) is 0 Å². The van der Waals surface area contributed by atoms with Crippen molar-refractivity contribution >= 4 is 11.9 Å². The lowest BCUT2D eigenvalue weighted by Crippen LogP contribution is -2.05. The van der Waals surface area contributed by atoms with E-state index < -0.39 is 11.9 Å². The van der Waals surface area contributed by atoms with Crippen LogP contribution in [-0.2, 0) is 0 Å². The summed E-state index contributed by atoms with van der Waals surface area (Å²) in [5, 5.41) is 17.8. The third-order valence-electron chi connectivity index (χ3n) is 2.67. The van der Waals surface area contributed by atoms with Gasteiger partial charge in [-0.15, -0.1) is 0 Å². The molecule has 1 aromatic carbocycles. The van der Waals surface area contributed by atoms with Gasteiger partial charge in [-0.1, -0.05) is 26.2 Å². The van der Waals surface area contributed by atoms with Gasteiger partial charge in [0.05, 0.1) is 17.7 Å². The highest BCUT2D eigenvalue weighted by Crippen LogP contribution is 2.18. The number of carboxylic acid groups (broad SMARTS) is 2. The first-order chi connectivity index (χ1) is 9.04. The van der Waals surface area contributed by atoms with Crippen molar-refractivity contribution in [1.82, 2.24) is 0 Å².